The Morgan fingerprint density at radius 1 is 1.27 bits per heavy atom. The summed E-state index contributed by atoms with van der Waals surface area (Å²) in [6.07, 6.45) is 0. The molecule has 0 saturated heterocycles. The molecule has 1 N–H and O–H groups in total. The Labute approximate surface area is 92.3 Å². The summed E-state index contributed by atoms with van der Waals surface area (Å²) in [5, 5.41) is 3.30. The van der Waals surface area contributed by atoms with Crippen LogP contribution in [0.1, 0.15) is 20.8 Å². The van der Waals surface area contributed by atoms with E-state index in [0.29, 0.717) is 5.92 Å². The maximum absolute atomic E-state index is 11.2. The van der Waals surface area contributed by atoms with Crippen molar-refractivity contribution in [1.82, 2.24) is 5.32 Å². The van der Waals surface area contributed by atoms with Gasteiger partial charge in [-0.3, -0.25) is 4.79 Å². The molecule has 0 saturated carbocycles. The van der Waals surface area contributed by atoms with Gasteiger partial charge in [-0.2, -0.15) is 0 Å². The molecule has 3 atom stereocenters. The average Bonchev–Trinajstić information content (AvgIpc) is 2.24. The molecule has 0 radical (unpaired) electrons. The summed E-state index contributed by atoms with van der Waals surface area (Å²) in [6, 6.07) is 0.122. The van der Waals surface area contributed by atoms with Crippen molar-refractivity contribution in [2.75, 3.05) is 27.4 Å². The number of methoxy groups -OCH3 is 2. The fraction of sp³-hybridized carbons (Fsp3) is 0.909. The number of nitrogens with one attached hydrogen (secondary N) is 1. The third-order valence-corrected chi connectivity index (χ3v) is 2.56. The van der Waals surface area contributed by atoms with E-state index in [1.54, 1.807) is 7.11 Å². The lowest BCUT2D eigenvalue weighted by atomic mass is 10.0. The molecule has 0 heterocycles. The van der Waals surface area contributed by atoms with Crippen molar-refractivity contribution in [3.8, 4) is 0 Å². The van der Waals surface area contributed by atoms with E-state index in [1.807, 2.05) is 13.8 Å². The fourth-order valence-corrected chi connectivity index (χ4v) is 1.30. The van der Waals surface area contributed by atoms with E-state index in [2.05, 4.69) is 17.0 Å². The molecule has 0 aliphatic carbocycles. The average molecular weight is 217 g/mol. The van der Waals surface area contributed by atoms with E-state index >= 15 is 0 Å². The minimum atomic E-state index is -0.172. The van der Waals surface area contributed by atoms with Crippen LogP contribution >= 0.6 is 0 Å². The lowest BCUT2D eigenvalue weighted by Gasteiger charge is -2.21. The molecule has 0 spiro atoms. The van der Waals surface area contributed by atoms with Crippen molar-refractivity contribution in [2.45, 2.75) is 26.8 Å². The first-order valence-electron chi connectivity index (χ1n) is 5.33. The van der Waals surface area contributed by atoms with Gasteiger partial charge in [-0.1, -0.05) is 13.8 Å². The summed E-state index contributed by atoms with van der Waals surface area (Å²) >= 11 is 0. The van der Waals surface area contributed by atoms with Crippen LogP contribution in [0, 0.1) is 11.8 Å². The molecule has 0 bridgehead atoms. The van der Waals surface area contributed by atoms with Gasteiger partial charge < -0.3 is 14.8 Å². The summed E-state index contributed by atoms with van der Waals surface area (Å²) in [5.74, 6) is 0.154. The monoisotopic (exact) mass is 217 g/mol. The lowest BCUT2D eigenvalue weighted by Crippen LogP contribution is -2.39. The molecule has 0 aromatic rings. The molecule has 4 nitrogen and oxygen atoms in total. The van der Waals surface area contributed by atoms with Crippen molar-refractivity contribution in [1.29, 1.82) is 0 Å². The molecule has 4 heteroatoms. The molecule has 0 rings (SSSR count). The van der Waals surface area contributed by atoms with Crippen LogP contribution in [0.5, 0.6) is 0 Å². The second-order valence-electron chi connectivity index (χ2n) is 4.07. The SMILES string of the molecule is COCC(C)CNC(C)C(C)C(=O)OC. The normalized spacial score (nSPS) is 16.9. The molecule has 0 aliphatic rings. The van der Waals surface area contributed by atoms with Gasteiger partial charge >= 0.3 is 5.97 Å². The first-order valence-corrected chi connectivity index (χ1v) is 5.33. The van der Waals surface area contributed by atoms with Crippen molar-refractivity contribution >= 4 is 5.97 Å². The molecule has 0 aliphatic heterocycles. The van der Waals surface area contributed by atoms with Gasteiger partial charge in [0.25, 0.3) is 0 Å². The van der Waals surface area contributed by atoms with Gasteiger partial charge in [0.2, 0.25) is 0 Å². The maximum atomic E-state index is 11.2. The van der Waals surface area contributed by atoms with Crippen LogP contribution in [0.2, 0.25) is 0 Å². The van der Waals surface area contributed by atoms with Crippen molar-refractivity contribution < 1.29 is 14.3 Å². The number of hydrogen-bond donors (Lipinski definition) is 1. The van der Waals surface area contributed by atoms with E-state index in [9.17, 15) is 4.79 Å². The van der Waals surface area contributed by atoms with Gasteiger partial charge in [-0.15, -0.1) is 0 Å². The predicted octanol–water partition coefficient (Wildman–Crippen LogP) is 1.06. The Morgan fingerprint density at radius 2 is 1.87 bits per heavy atom. The van der Waals surface area contributed by atoms with Crippen LogP contribution in [0.3, 0.4) is 0 Å². The lowest BCUT2D eigenvalue weighted by molar-refractivity contribution is -0.145. The molecule has 0 aromatic carbocycles. The first kappa shape index (κ1) is 14.4. The van der Waals surface area contributed by atoms with Gasteiger partial charge in [-0.05, 0) is 12.8 Å². The maximum Gasteiger partial charge on any atom is 0.309 e. The summed E-state index contributed by atoms with van der Waals surface area (Å²) in [4.78, 5) is 11.2. The smallest absolute Gasteiger partial charge is 0.309 e. The van der Waals surface area contributed by atoms with Gasteiger partial charge in [-0.25, -0.2) is 0 Å². The zero-order valence-corrected chi connectivity index (χ0v) is 10.4. The van der Waals surface area contributed by atoms with Gasteiger partial charge in [0, 0.05) is 26.3 Å². The minimum absolute atomic E-state index is 0.121. The quantitative estimate of drug-likeness (QED) is 0.648. The zero-order valence-electron chi connectivity index (χ0n) is 10.4. The van der Waals surface area contributed by atoms with Crippen LogP contribution in [0.4, 0.5) is 0 Å². The standard InChI is InChI=1S/C11H23NO3/c1-8(7-14-4)6-12-10(3)9(2)11(13)15-5/h8-10,12H,6-7H2,1-5H3. The van der Waals surface area contributed by atoms with Crippen molar-refractivity contribution in [2.24, 2.45) is 11.8 Å². The van der Waals surface area contributed by atoms with Crippen molar-refractivity contribution in [3.63, 3.8) is 0 Å². The Bertz CT molecular complexity index is 185. The molecular formula is C11H23NO3. The van der Waals surface area contributed by atoms with Gasteiger partial charge in [0.1, 0.15) is 0 Å². The first-order chi connectivity index (χ1) is 7.02. The van der Waals surface area contributed by atoms with Crippen LogP contribution < -0.4 is 5.32 Å². The van der Waals surface area contributed by atoms with Crippen molar-refractivity contribution in [3.05, 3.63) is 0 Å². The Kier molecular flexibility index (Phi) is 7.34. The molecule has 0 amide bonds. The summed E-state index contributed by atoms with van der Waals surface area (Å²) in [5.41, 5.74) is 0. The molecule has 3 unspecified atom stereocenters. The molecule has 15 heavy (non-hydrogen) atoms. The highest BCUT2D eigenvalue weighted by Crippen LogP contribution is 2.05. The summed E-state index contributed by atoms with van der Waals surface area (Å²) in [7, 11) is 3.11. The number of ether oxygens (including phenoxy) is 2. The van der Waals surface area contributed by atoms with E-state index in [0.717, 1.165) is 13.2 Å². The second kappa shape index (κ2) is 7.65. The number of carbonyl (C=O) groups is 1. The largest absolute Gasteiger partial charge is 0.469 e. The van der Waals surface area contributed by atoms with E-state index < -0.39 is 0 Å². The molecular weight excluding hydrogens is 194 g/mol. The third-order valence-electron chi connectivity index (χ3n) is 2.56. The molecule has 90 valence electrons. The highest BCUT2D eigenvalue weighted by molar-refractivity contribution is 5.72. The fourth-order valence-electron chi connectivity index (χ4n) is 1.30. The summed E-state index contributed by atoms with van der Waals surface area (Å²) < 4.78 is 9.72. The topological polar surface area (TPSA) is 47.6 Å². The minimum Gasteiger partial charge on any atom is -0.469 e. The Hall–Kier alpha value is -0.610. The van der Waals surface area contributed by atoms with E-state index in [4.69, 9.17) is 4.74 Å². The third kappa shape index (κ3) is 5.74. The number of rotatable bonds is 7. The Morgan fingerprint density at radius 3 is 2.33 bits per heavy atom. The number of esters is 1. The molecule has 0 aromatic heterocycles. The van der Waals surface area contributed by atoms with E-state index in [-0.39, 0.29) is 17.9 Å². The highest BCUT2D eigenvalue weighted by atomic mass is 16.5. The number of hydrogen-bond acceptors (Lipinski definition) is 4. The number of carbonyl (C=O) groups excluding carboxylic acids is 1. The van der Waals surface area contributed by atoms with Gasteiger partial charge in [0.15, 0.2) is 0 Å². The van der Waals surface area contributed by atoms with Crippen LogP contribution in [-0.2, 0) is 14.3 Å². The van der Waals surface area contributed by atoms with Crippen LogP contribution in [-0.4, -0.2) is 39.4 Å². The summed E-state index contributed by atoms with van der Waals surface area (Å²) in [6.45, 7) is 7.53. The molecule has 0 fully saturated rings. The van der Waals surface area contributed by atoms with E-state index in [1.165, 1.54) is 7.11 Å². The predicted molar refractivity (Wildman–Crippen MR) is 59.7 cm³/mol. The highest BCUT2D eigenvalue weighted by Gasteiger charge is 2.20. The second-order valence-corrected chi connectivity index (χ2v) is 4.07. The Balaban J connectivity index is 3.82. The van der Waals surface area contributed by atoms with Crippen LogP contribution in [0.25, 0.3) is 0 Å². The zero-order chi connectivity index (χ0) is 11.8. The van der Waals surface area contributed by atoms with Gasteiger partial charge in [0.05, 0.1) is 13.0 Å². The van der Waals surface area contributed by atoms with Crippen LogP contribution in [0.15, 0.2) is 0 Å².